The van der Waals surface area contributed by atoms with Crippen LogP contribution in [0.4, 0.5) is 5.69 Å². The normalized spacial score (nSPS) is 12.6. The number of carbonyl (C=O) groups excluding carboxylic acids is 1. The second-order valence-electron chi connectivity index (χ2n) is 5.44. The number of benzene rings is 1. The molecular weight excluding hydrogens is 254 g/mol. The highest BCUT2D eigenvalue weighted by Gasteiger charge is 2.17. The third-order valence-corrected chi connectivity index (χ3v) is 2.93. The first-order valence-corrected chi connectivity index (χ1v) is 6.84. The van der Waals surface area contributed by atoms with Crippen LogP contribution in [0.3, 0.4) is 0 Å². The Morgan fingerprint density at radius 1 is 1.40 bits per heavy atom. The van der Waals surface area contributed by atoms with Gasteiger partial charge in [-0.1, -0.05) is 19.9 Å². The number of amides is 1. The van der Waals surface area contributed by atoms with E-state index < -0.39 is 6.04 Å². The average molecular weight is 279 g/mol. The van der Waals surface area contributed by atoms with Crippen molar-refractivity contribution in [1.82, 2.24) is 4.90 Å². The molecule has 1 atom stereocenters. The summed E-state index contributed by atoms with van der Waals surface area (Å²) in [6.45, 7) is 5.29. The monoisotopic (exact) mass is 279 g/mol. The van der Waals surface area contributed by atoms with Crippen LogP contribution in [-0.2, 0) is 4.79 Å². The summed E-state index contributed by atoms with van der Waals surface area (Å²) < 4.78 is 5.62. The van der Waals surface area contributed by atoms with Crippen LogP contribution in [0.15, 0.2) is 24.3 Å². The van der Waals surface area contributed by atoms with Gasteiger partial charge in [0.25, 0.3) is 0 Å². The largest absolute Gasteiger partial charge is 0.492 e. The van der Waals surface area contributed by atoms with E-state index >= 15 is 0 Å². The minimum Gasteiger partial charge on any atom is -0.492 e. The van der Waals surface area contributed by atoms with Crippen molar-refractivity contribution in [2.45, 2.75) is 19.9 Å². The zero-order valence-corrected chi connectivity index (χ0v) is 12.7. The number of carbonyl (C=O) groups is 1. The van der Waals surface area contributed by atoms with Gasteiger partial charge in [0.1, 0.15) is 12.4 Å². The Morgan fingerprint density at radius 3 is 2.70 bits per heavy atom. The number of hydrogen-bond acceptors (Lipinski definition) is 4. The quantitative estimate of drug-likeness (QED) is 0.794. The first-order valence-electron chi connectivity index (χ1n) is 6.84. The van der Waals surface area contributed by atoms with Crippen LogP contribution in [0.1, 0.15) is 13.8 Å². The van der Waals surface area contributed by atoms with Crippen LogP contribution in [0, 0.1) is 5.92 Å². The van der Waals surface area contributed by atoms with Gasteiger partial charge in [-0.25, -0.2) is 0 Å². The lowest BCUT2D eigenvalue weighted by atomic mass is 10.0. The molecule has 1 aromatic rings. The number of anilines is 1. The zero-order valence-electron chi connectivity index (χ0n) is 12.7. The highest BCUT2D eigenvalue weighted by molar-refractivity contribution is 5.94. The van der Waals surface area contributed by atoms with Crippen molar-refractivity contribution in [2.24, 2.45) is 11.7 Å². The van der Waals surface area contributed by atoms with Crippen LogP contribution in [0.5, 0.6) is 5.75 Å². The molecular formula is C15H25N3O2. The molecule has 0 aliphatic carbocycles. The molecule has 3 N–H and O–H groups in total. The molecule has 1 amide bonds. The minimum absolute atomic E-state index is 0.106. The van der Waals surface area contributed by atoms with Gasteiger partial charge in [-0.2, -0.15) is 0 Å². The zero-order chi connectivity index (χ0) is 15.1. The Balaban J connectivity index is 2.57. The van der Waals surface area contributed by atoms with E-state index in [2.05, 4.69) is 5.32 Å². The molecule has 1 rings (SSSR count). The number of hydrogen-bond donors (Lipinski definition) is 2. The van der Waals surface area contributed by atoms with E-state index in [-0.39, 0.29) is 11.8 Å². The van der Waals surface area contributed by atoms with E-state index in [4.69, 9.17) is 10.5 Å². The number of ether oxygens (including phenoxy) is 1. The van der Waals surface area contributed by atoms with Gasteiger partial charge < -0.3 is 20.7 Å². The molecule has 20 heavy (non-hydrogen) atoms. The van der Waals surface area contributed by atoms with Gasteiger partial charge in [0, 0.05) is 18.3 Å². The van der Waals surface area contributed by atoms with Crippen LogP contribution in [-0.4, -0.2) is 44.1 Å². The lowest BCUT2D eigenvalue weighted by molar-refractivity contribution is -0.118. The number of nitrogens with two attached hydrogens (primary N) is 1. The first kappa shape index (κ1) is 16.5. The summed E-state index contributed by atoms with van der Waals surface area (Å²) in [6.07, 6.45) is 0. The van der Waals surface area contributed by atoms with Gasteiger partial charge in [-0.05, 0) is 32.1 Å². The van der Waals surface area contributed by atoms with Crippen molar-refractivity contribution in [3.8, 4) is 5.75 Å². The number of nitrogens with one attached hydrogen (secondary N) is 1. The van der Waals surface area contributed by atoms with E-state index in [1.807, 2.05) is 51.0 Å². The SMILES string of the molecule is CC(C)[C@@H](N)C(=O)Nc1cccc(OCCN(C)C)c1. The van der Waals surface area contributed by atoms with E-state index in [0.29, 0.717) is 12.3 Å². The van der Waals surface area contributed by atoms with E-state index in [0.717, 1.165) is 12.3 Å². The Morgan fingerprint density at radius 2 is 2.10 bits per heavy atom. The fraction of sp³-hybridized carbons (Fsp3) is 0.533. The number of likely N-dealkylation sites (N-methyl/N-ethyl adjacent to an activating group) is 1. The lowest BCUT2D eigenvalue weighted by Gasteiger charge is -2.16. The fourth-order valence-corrected chi connectivity index (χ4v) is 1.54. The second kappa shape index (κ2) is 7.87. The standard InChI is InChI=1S/C15H25N3O2/c1-11(2)14(16)15(19)17-12-6-5-7-13(10-12)20-9-8-18(3)4/h5-7,10-11,14H,8-9,16H2,1-4H3,(H,17,19)/t14-/m1/s1. The maximum atomic E-state index is 11.9. The van der Waals surface area contributed by atoms with Crippen molar-refractivity contribution >= 4 is 11.6 Å². The molecule has 0 unspecified atom stereocenters. The maximum absolute atomic E-state index is 11.9. The molecule has 0 fully saturated rings. The molecule has 0 saturated carbocycles. The van der Waals surface area contributed by atoms with Gasteiger partial charge in [-0.15, -0.1) is 0 Å². The van der Waals surface area contributed by atoms with Crippen molar-refractivity contribution in [1.29, 1.82) is 0 Å². The molecule has 0 aliphatic heterocycles. The van der Waals surface area contributed by atoms with Crippen molar-refractivity contribution < 1.29 is 9.53 Å². The Kier molecular flexibility index (Phi) is 6.48. The predicted octanol–water partition coefficient (Wildman–Crippen LogP) is 1.55. The molecule has 112 valence electrons. The molecule has 0 saturated heterocycles. The van der Waals surface area contributed by atoms with E-state index in [9.17, 15) is 4.79 Å². The van der Waals surface area contributed by atoms with Crippen molar-refractivity contribution in [2.75, 3.05) is 32.6 Å². The third kappa shape index (κ3) is 5.59. The smallest absolute Gasteiger partial charge is 0.241 e. The van der Waals surface area contributed by atoms with Gasteiger partial charge in [0.15, 0.2) is 0 Å². The summed E-state index contributed by atoms with van der Waals surface area (Å²) in [5, 5.41) is 2.81. The fourth-order valence-electron chi connectivity index (χ4n) is 1.54. The summed E-state index contributed by atoms with van der Waals surface area (Å²) in [6, 6.07) is 6.84. The Hall–Kier alpha value is -1.59. The third-order valence-electron chi connectivity index (χ3n) is 2.93. The van der Waals surface area contributed by atoms with Crippen molar-refractivity contribution in [3.63, 3.8) is 0 Å². The highest BCUT2D eigenvalue weighted by Crippen LogP contribution is 2.17. The van der Waals surface area contributed by atoms with E-state index in [1.165, 1.54) is 0 Å². The van der Waals surface area contributed by atoms with Crippen LogP contribution < -0.4 is 15.8 Å². The first-order chi connectivity index (χ1) is 9.40. The Bertz CT molecular complexity index is 433. The lowest BCUT2D eigenvalue weighted by Crippen LogP contribution is -2.39. The molecule has 5 nitrogen and oxygen atoms in total. The average Bonchev–Trinajstić information content (AvgIpc) is 2.37. The molecule has 0 spiro atoms. The molecule has 0 radical (unpaired) electrons. The second-order valence-corrected chi connectivity index (χ2v) is 5.44. The number of nitrogens with zero attached hydrogens (tertiary/aromatic N) is 1. The van der Waals surface area contributed by atoms with Gasteiger partial charge >= 0.3 is 0 Å². The summed E-state index contributed by atoms with van der Waals surface area (Å²) >= 11 is 0. The molecule has 1 aromatic carbocycles. The summed E-state index contributed by atoms with van der Waals surface area (Å²) in [5.41, 5.74) is 6.51. The van der Waals surface area contributed by atoms with Crippen LogP contribution in [0.2, 0.25) is 0 Å². The summed E-state index contributed by atoms with van der Waals surface area (Å²) in [5.74, 6) is 0.669. The van der Waals surface area contributed by atoms with E-state index in [1.54, 1.807) is 6.07 Å². The van der Waals surface area contributed by atoms with Gasteiger partial charge in [0.05, 0.1) is 6.04 Å². The minimum atomic E-state index is -0.506. The highest BCUT2D eigenvalue weighted by atomic mass is 16.5. The van der Waals surface area contributed by atoms with Crippen molar-refractivity contribution in [3.05, 3.63) is 24.3 Å². The molecule has 0 bridgehead atoms. The van der Waals surface area contributed by atoms with Crippen LogP contribution >= 0.6 is 0 Å². The molecule has 0 aliphatic rings. The van der Waals surface area contributed by atoms with Gasteiger partial charge in [0.2, 0.25) is 5.91 Å². The Labute approximate surface area is 121 Å². The predicted molar refractivity (Wildman–Crippen MR) is 81.9 cm³/mol. The molecule has 5 heteroatoms. The molecule has 0 heterocycles. The topological polar surface area (TPSA) is 67.6 Å². The van der Waals surface area contributed by atoms with Crippen LogP contribution in [0.25, 0.3) is 0 Å². The maximum Gasteiger partial charge on any atom is 0.241 e. The summed E-state index contributed by atoms with van der Waals surface area (Å²) in [4.78, 5) is 13.9. The summed E-state index contributed by atoms with van der Waals surface area (Å²) in [7, 11) is 3.99. The number of rotatable bonds is 7. The van der Waals surface area contributed by atoms with Gasteiger partial charge in [-0.3, -0.25) is 4.79 Å². The molecule has 0 aromatic heterocycles.